The standard InChI is InChI=1S/C16H15Cl2N3O3/c1-19-15(22)13-4-3-12(24-2)8-14(13)21-16(23)20-11-6-9(17)5-10(18)7-11/h3-8H,1-2H3,(H,19,22)(H2,20,21,23). The molecule has 0 spiro atoms. The number of carbonyl (C=O) groups is 2. The highest BCUT2D eigenvalue weighted by Crippen LogP contribution is 2.25. The first kappa shape index (κ1) is 17.9. The number of nitrogens with one attached hydrogen (secondary N) is 3. The van der Waals surface area contributed by atoms with Gasteiger partial charge in [0.25, 0.3) is 5.91 Å². The second-order valence-corrected chi connectivity index (χ2v) is 5.60. The van der Waals surface area contributed by atoms with Crippen LogP contribution in [0.5, 0.6) is 5.75 Å². The molecular formula is C16H15Cl2N3O3. The number of hydrogen-bond acceptors (Lipinski definition) is 3. The number of rotatable bonds is 4. The van der Waals surface area contributed by atoms with Gasteiger partial charge < -0.3 is 20.7 Å². The number of urea groups is 1. The summed E-state index contributed by atoms with van der Waals surface area (Å²) in [6.45, 7) is 0. The van der Waals surface area contributed by atoms with Crippen LogP contribution in [0, 0.1) is 0 Å². The van der Waals surface area contributed by atoms with E-state index < -0.39 is 6.03 Å². The Labute approximate surface area is 149 Å². The van der Waals surface area contributed by atoms with Crippen LogP contribution in [0.15, 0.2) is 36.4 Å². The minimum Gasteiger partial charge on any atom is -0.497 e. The smallest absolute Gasteiger partial charge is 0.323 e. The van der Waals surface area contributed by atoms with Gasteiger partial charge in [-0.2, -0.15) is 0 Å². The van der Waals surface area contributed by atoms with E-state index in [1.807, 2.05) is 0 Å². The Morgan fingerprint density at radius 3 is 2.25 bits per heavy atom. The lowest BCUT2D eigenvalue weighted by molar-refractivity contribution is 0.0964. The first-order chi connectivity index (χ1) is 11.4. The van der Waals surface area contributed by atoms with Gasteiger partial charge in [-0.1, -0.05) is 23.2 Å². The summed E-state index contributed by atoms with van der Waals surface area (Å²) < 4.78 is 5.12. The molecule has 6 nitrogen and oxygen atoms in total. The summed E-state index contributed by atoms with van der Waals surface area (Å²) in [5.41, 5.74) is 1.03. The molecule has 0 aromatic heterocycles. The van der Waals surface area contributed by atoms with Crippen molar-refractivity contribution in [1.82, 2.24) is 5.32 Å². The molecule has 8 heteroatoms. The normalized spacial score (nSPS) is 10.0. The SMILES string of the molecule is CNC(=O)c1ccc(OC)cc1NC(=O)Nc1cc(Cl)cc(Cl)c1. The topological polar surface area (TPSA) is 79.5 Å². The van der Waals surface area contributed by atoms with Gasteiger partial charge in [-0.05, 0) is 30.3 Å². The van der Waals surface area contributed by atoms with Gasteiger partial charge in [-0.25, -0.2) is 4.79 Å². The molecule has 0 fully saturated rings. The predicted octanol–water partition coefficient (Wildman–Crippen LogP) is 4.01. The van der Waals surface area contributed by atoms with Crippen molar-refractivity contribution in [2.45, 2.75) is 0 Å². The van der Waals surface area contributed by atoms with Gasteiger partial charge in [0, 0.05) is 28.8 Å². The summed E-state index contributed by atoms with van der Waals surface area (Å²) >= 11 is 11.8. The van der Waals surface area contributed by atoms with Crippen molar-refractivity contribution in [1.29, 1.82) is 0 Å². The monoisotopic (exact) mass is 367 g/mol. The second kappa shape index (κ2) is 7.90. The van der Waals surface area contributed by atoms with Gasteiger partial charge in [0.1, 0.15) is 5.75 Å². The molecular weight excluding hydrogens is 353 g/mol. The molecule has 2 rings (SSSR count). The Kier molecular flexibility index (Phi) is 5.89. The number of halogens is 2. The van der Waals surface area contributed by atoms with Crippen molar-refractivity contribution in [3.63, 3.8) is 0 Å². The van der Waals surface area contributed by atoms with Gasteiger partial charge in [0.05, 0.1) is 18.4 Å². The highest BCUT2D eigenvalue weighted by atomic mass is 35.5. The minimum absolute atomic E-state index is 0.303. The van der Waals surface area contributed by atoms with E-state index in [-0.39, 0.29) is 5.91 Å². The zero-order valence-electron chi connectivity index (χ0n) is 12.9. The third-order valence-electron chi connectivity index (χ3n) is 3.07. The minimum atomic E-state index is -0.549. The van der Waals surface area contributed by atoms with Crippen molar-refractivity contribution in [2.24, 2.45) is 0 Å². The second-order valence-electron chi connectivity index (χ2n) is 4.73. The first-order valence-electron chi connectivity index (χ1n) is 6.87. The fourth-order valence-corrected chi connectivity index (χ4v) is 2.52. The van der Waals surface area contributed by atoms with E-state index in [0.29, 0.717) is 32.7 Å². The molecule has 0 atom stereocenters. The van der Waals surface area contributed by atoms with Gasteiger partial charge >= 0.3 is 6.03 Å². The van der Waals surface area contributed by atoms with Gasteiger partial charge in [-0.3, -0.25) is 4.79 Å². The number of methoxy groups -OCH3 is 1. The van der Waals surface area contributed by atoms with Crippen molar-refractivity contribution in [3.8, 4) is 5.75 Å². The zero-order chi connectivity index (χ0) is 17.7. The van der Waals surface area contributed by atoms with Crippen LogP contribution in [-0.4, -0.2) is 26.1 Å². The Morgan fingerprint density at radius 2 is 1.67 bits per heavy atom. The molecule has 24 heavy (non-hydrogen) atoms. The fourth-order valence-electron chi connectivity index (χ4n) is 2.00. The van der Waals surface area contributed by atoms with Crippen molar-refractivity contribution >= 4 is 46.5 Å². The third-order valence-corrected chi connectivity index (χ3v) is 3.50. The van der Waals surface area contributed by atoms with E-state index in [9.17, 15) is 9.59 Å². The Balaban J connectivity index is 2.22. The fraction of sp³-hybridized carbons (Fsp3) is 0.125. The molecule has 3 N–H and O–H groups in total. The Hall–Kier alpha value is -2.44. The number of benzene rings is 2. The van der Waals surface area contributed by atoms with Crippen LogP contribution in [0.2, 0.25) is 10.0 Å². The number of carbonyl (C=O) groups excluding carboxylic acids is 2. The molecule has 0 aliphatic heterocycles. The molecule has 3 amide bonds. The molecule has 0 saturated carbocycles. The third kappa shape index (κ3) is 4.53. The lowest BCUT2D eigenvalue weighted by Crippen LogP contribution is -2.24. The number of hydrogen-bond donors (Lipinski definition) is 3. The molecule has 2 aromatic rings. The molecule has 0 saturated heterocycles. The van der Waals surface area contributed by atoms with Crippen LogP contribution in [-0.2, 0) is 0 Å². The zero-order valence-corrected chi connectivity index (χ0v) is 14.5. The van der Waals surface area contributed by atoms with Gasteiger partial charge in [0.2, 0.25) is 0 Å². The number of anilines is 2. The molecule has 0 bridgehead atoms. The van der Waals surface area contributed by atoms with E-state index in [0.717, 1.165) is 0 Å². The maximum absolute atomic E-state index is 12.2. The summed E-state index contributed by atoms with van der Waals surface area (Å²) in [7, 11) is 3.00. The number of ether oxygens (including phenoxy) is 1. The van der Waals surface area contributed by atoms with E-state index in [1.54, 1.807) is 36.4 Å². The number of amides is 3. The summed E-state index contributed by atoms with van der Waals surface area (Å²) in [5.74, 6) is 0.169. The molecule has 126 valence electrons. The lowest BCUT2D eigenvalue weighted by Gasteiger charge is -2.13. The Morgan fingerprint density at radius 1 is 1.00 bits per heavy atom. The summed E-state index contributed by atoms with van der Waals surface area (Å²) in [6, 6.07) is 8.85. The van der Waals surface area contributed by atoms with Crippen LogP contribution in [0.4, 0.5) is 16.2 Å². The maximum atomic E-state index is 12.2. The van der Waals surface area contributed by atoms with Crippen molar-refractivity contribution in [3.05, 3.63) is 52.0 Å². The predicted molar refractivity (Wildman–Crippen MR) is 95.5 cm³/mol. The molecule has 0 aliphatic carbocycles. The molecule has 0 unspecified atom stereocenters. The van der Waals surface area contributed by atoms with Gasteiger partial charge in [0.15, 0.2) is 0 Å². The molecule has 2 aromatic carbocycles. The van der Waals surface area contributed by atoms with Crippen LogP contribution in [0.25, 0.3) is 0 Å². The molecule has 0 radical (unpaired) electrons. The van der Waals surface area contributed by atoms with Crippen LogP contribution in [0.3, 0.4) is 0 Å². The quantitative estimate of drug-likeness (QED) is 0.763. The van der Waals surface area contributed by atoms with E-state index in [4.69, 9.17) is 27.9 Å². The summed E-state index contributed by atoms with van der Waals surface area (Å²) in [6.07, 6.45) is 0. The van der Waals surface area contributed by atoms with Crippen LogP contribution in [0.1, 0.15) is 10.4 Å². The largest absolute Gasteiger partial charge is 0.497 e. The maximum Gasteiger partial charge on any atom is 0.323 e. The van der Waals surface area contributed by atoms with Crippen molar-refractivity contribution in [2.75, 3.05) is 24.8 Å². The molecule has 0 aliphatic rings. The van der Waals surface area contributed by atoms with Crippen LogP contribution < -0.4 is 20.7 Å². The summed E-state index contributed by atoms with van der Waals surface area (Å²) in [4.78, 5) is 24.1. The Bertz CT molecular complexity index is 761. The molecule has 0 heterocycles. The highest BCUT2D eigenvalue weighted by molar-refractivity contribution is 6.35. The van der Waals surface area contributed by atoms with Crippen molar-refractivity contribution < 1.29 is 14.3 Å². The van der Waals surface area contributed by atoms with E-state index in [2.05, 4.69) is 16.0 Å². The highest BCUT2D eigenvalue weighted by Gasteiger charge is 2.14. The summed E-state index contributed by atoms with van der Waals surface area (Å²) in [5, 5.41) is 8.51. The van der Waals surface area contributed by atoms with Crippen LogP contribution >= 0.6 is 23.2 Å². The van der Waals surface area contributed by atoms with E-state index in [1.165, 1.54) is 14.2 Å². The lowest BCUT2D eigenvalue weighted by atomic mass is 10.1. The first-order valence-corrected chi connectivity index (χ1v) is 7.62. The van der Waals surface area contributed by atoms with E-state index >= 15 is 0 Å². The average molecular weight is 368 g/mol. The average Bonchev–Trinajstić information content (AvgIpc) is 2.52. The van der Waals surface area contributed by atoms with Gasteiger partial charge in [-0.15, -0.1) is 0 Å².